The first-order valence-corrected chi connectivity index (χ1v) is 7.55. The Hall–Kier alpha value is -2.62. The van der Waals surface area contributed by atoms with Crippen molar-refractivity contribution in [3.63, 3.8) is 0 Å². The van der Waals surface area contributed by atoms with Crippen LogP contribution >= 0.6 is 0 Å². The van der Waals surface area contributed by atoms with Crippen molar-refractivity contribution in [3.8, 4) is 0 Å². The molecular formula is C14H18FN7O2. The van der Waals surface area contributed by atoms with Crippen molar-refractivity contribution >= 4 is 11.7 Å². The molecule has 2 aromatic rings. The third-order valence-electron chi connectivity index (χ3n) is 3.83. The maximum Gasteiger partial charge on any atom is 0.273 e. The lowest BCUT2D eigenvalue weighted by atomic mass is 10.2. The van der Waals surface area contributed by atoms with E-state index in [1.807, 2.05) is 4.90 Å². The van der Waals surface area contributed by atoms with E-state index in [1.165, 1.54) is 12.4 Å². The summed E-state index contributed by atoms with van der Waals surface area (Å²) in [7, 11) is 0. The van der Waals surface area contributed by atoms with Gasteiger partial charge in [0.25, 0.3) is 5.91 Å². The van der Waals surface area contributed by atoms with E-state index in [-0.39, 0.29) is 30.6 Å². The molecule has 1 fully saturated rings. The minimum absolute atomic E-state index is 0.0592. The number of hydrogen-bond donors (Lipinski definition) is 2. The zero-order chi connectivity index (χ0) is 17.1. The van der Waals surface area contributed by atoms with Crippen LogP contribution in [0.25, 0.3) is 0 Å². The summed E-state index contributed by atoms with van der Waals surface area (Å²) in [5, 5.41) is 6.55. The van der Waals surface area contributed by atoms with Crippen molar-refractivity contribution in [3.05, 3.63) is 29.8 Å². The van der Waals surface area contributed by atoms with Gasteiger partial charge in [-0.2, -0.15) is 4.98 Å². The molecule has 10 heteroatoms. The molecule has 9 nitrogen and oxygen atoms in total. The highest BCUT2D eigenvalue weighted by Gasteiger charge is 2.33. The summed E-state index contributed by atoms with van der Waals surface area (Å²) in [6.07, 6.45) is 2.17. The summed E-state index contributed by atoms with van der Waals surface area (Å²) in [5.41, 5.74) is 5.69. The number of aryl methyl sites for hydroxylation is 1. The van der Waals surface area contributed by atoms with Crippen LogP contribution in [0.1, 0.15) is 28.6 Å². The van der Waals surface area contributed by atoms with Gasteiger partial charge in [0.15, 0.2) is 17.3 Å². The van der Waals surface area contributed by atoms with Gasteiger partial charge in [-0.05, 0) is 6.42 Å². The average molecular weight is 335 g/mol. The van der Waals surface area contributed by atoms with E-state index < -0.39 is 12.1 Å². The van der Waals surface area contributed by atoms with Crippen molar-refractivity contribution < 1.29 is 13.7 Å². The van der Waals surface area contributed by atoms with Crippen LogP contribution in [0.5, 0.6) is 0 Å². The lowest BCUT2D eigenvalue weighted by Crippen LogP contribution is -2.40. The quantitative estimate of drug-likeness (QED) is 0.788. The number of amides is 1. The largest absolute Gasteiger partial charge is 0.382 e. The molecule has 1 aliphatic heterocycles. The predicted molar refractivity (Wildman–Crippen MR) is 81.5 cm³/mol. The number of rotatable bonds is 5. The fourth-order valence-corrected chi connectivity index (χ4v) is 2.73. The topological polar surface area (TPSA) is 123 Å². The van der Waals surface area contributed by atoms with Gasteiger partial charge in [0.1, 0.15) is 6.17 Å². The maximum absolute atomic E-state index is 13.8. The Morgan fingerprint density at radius 1 is 1.50 bits per heavy atom. The Morgan fingerprint density at radius 2 is 2.29 bits per heavy atom. The van der Waals surface area contributed by atoms with Gasteiger partial charge in [-0.3, -0.25) is 9.69 Å². The van der Waals surface area contributed by atoms with Crippen molar-refractivity contribution in [2.24, 2.45) is 0 Å². The van der Waals surface area contributed by atoms with Gasteiger partial charge >= 0.3 is 0 Å². The highest BCUT2D eigenvalue weighted by molar-refractivity contribution is 5.96. The molecule has 3 N–H and O–H groups in total. The fourth-order valence-electron chi connectivity index (χ4n) is 2.73. The van der Waals surface area contributed by atoms with E-state index in [2.05, 4.69) is 25.4 Å². The fraction of sp³-hybridized carbons (Fsp3) is 0.500. The van der Waals surface area contributed by atoms with Crippen LogP contribution in [0, 0.1) is 6.92 Å². The van der Waals surface area contributed by atoms with Crippen LogP contribution in [0.15, 0.2) is 16.9 Å². The molecular weight excluding hydrogens is 317 g/mol. The van der Waals surface area contributed by atoms with Crippen molar-refractivity contribution in [1.82, 2.24) is 30.3 Å². The number of carbonyl (C=O) groups is 1. The Labute approximate surface area is 137 Å². The molecule has 1 saturated heterocycles. The van der Waals surface area contributed by atoms with Gasteiger partial charge in [-0.15, -0.1) is 0 Å². The Bertz CT molecular complexity index is 723. The molecule has 0 aliphatic carbocycles. The smallest absolute Gasteiger partial charge is 0.273 e. The summed E-state index contributed by atoms with van der Waals surface area (Å²) in [6.45, 7) is 2.60. The molecule has 24 heavy (non-hydrogen) atoms. The summed E-state index contributed by atoms with van der Waals surface area (Å²) in [6, 6.07) is -0.166. The van der Waals surface area contributed by atoms with Crippen molar-refractivity contribution in [1.29, 1.82) is 0 Å². The highest BCUT2D eigenvalue weighted by Crippen LogP contribution is 2.21. The zero-order valence-corrected chi connectivity index (χ0v) is 13.1. The van der Waals surface area contributed by atoms with E-state index in [0.29, 0.717) is 24.7 Å². The van der Waals surface area contributed by atoms with Crippen LogP contribution in [0.3, 0.4) is 0 Å². The van der Waals surface area contributed by atoms with Gasteiger partial charge < -0.3 is 15.6 Å². The summed E-state index contributed by atoms with van der Waals surface area (Å²) in [4.78, 5) is 25.9. The van der Waals surface area contributed by atoms with E-state index in [9.17, 15) is 9.18 Å². The molecule has 0 unspecified atom stereocenters. The molecule has 0 saturated carbocycles. The number of nitrogens with zero attached hydrogens (tertiary/aromatic N) is 5. The number of nitrogens with one attached hydrogen (secondary N) is 1. The molecule has 3 rings (SSSR count). The molecule has 0 spiro atoms. The molecule has 0 radical (unpaired) electrons. The van der Waals surface area contributed by atoms with E-state index in [4.69, 9.17) is 10.3 Å². The van der Waals surface area contributed by atoms with Crippen LogP contribution in [0.2, 0.25) is 0 Å². The van der Waals surface area contributed by atoms with Gasteiger partial charge in [-0.1, -0.05) is 5.16 Å². The molecule has 1 aliphatic rings. The third kappa shape index (κ3) is 3.65. The van der Waals surface area contributed by atoms with E-state index in [0.717, 1.165) is 0 Å². The van der Waals surface area contributed by atoms with Gasteiger partial charge in [0.2, 0.25) is 5.89 Å². The molecule has 3 heterocycles. The highest BCUT2D eigenvalue weighted by atomic mass is 19.1. The van der Waals surface area contributed by atoms with Crippen molar-refractivity contribution in [2.75, 3.05) is 18.8 Å². The third-order valence-corrected chi connectivity index (χ3v) is 3.83. The second-order valence-electron chi connectivity index (χ2n) is 5.65. The first-order valence-electron chi connectivity index (χ1n) is 7.55. The van der Waals surface area contributed by atoms with Gasteiger partial charge in [-0.25, -0.2) is 14.4 Å². The lowest BCUT2D eigenvalue weighted by Gasteiger charge is -2.22. The van der Waals surface area contributed by atoms with Gasteiger partial charge in [0.05, 0.1) is 6.54 Å². The molecule has 1 amide bonds. The normalized spacial score (nSPS) is 21.1. The average Bonchev–Trinajstić information content (AvgIpc) is 3.11. The minimum Gasteiger partial charge on any atom is -0.382 e. The second-order valence-corrected chi connectivity index (χ2v) is 5.65. The number of nitrogens with two attached hydrogens (primary N) is 1. The number of halogens is 1. The van der Waals surface area contributed by atoms with E-state index in [1.54, 1.807) is 6.92 Å². The Morgan fingerprint density at radius 3 is 3.00 bits per heavy atom. The number of alkyl halides is 1. The van der Waals surface area contributed by atoms with Crippen LogP contribution in [-0.2, 0) is 6.54 Å². The monoisotopic (exact) mass is 335 g/mol. The first-order chi connectivity index (χ1) is 11.5. The molecule has 2 aromatic heterocycles. The number of anilines is 1. The summed E-state index contributed by atoms with van der Waals surface area (Å²) < 4.78 is 18.7. The number of carbonyl (C=O) groups excluding carboxylic acids is 1. The van der Waals surface area contributed by atoms with E-state index >= 15 is 0 Å². The summed E-state index contributed by atoms with van der Waals surface area (Å²) >= 11 is 0. The predicted octanol–water partition coefficient (Wildman–Crippen LogP) is 0.0926. The number of hydrogen-bond acceptors (Lipinski definition) is 8. The molecule has 0 aromatic carbocycles. The standard InChI is InChI=1S/C14H18FN7O2/c1-8-20-11(21-24-8)7-22-6-9(15)4-10(22)5-19-14(23)12-13(16)18-3-2-17-12/h2-3,9-10H,4-7H2,1H3,(H2,16,18)(H,19,23)/t9-,10-/m0/s1. The second kappa shape index (κ2) is 6.87. The Balaban J connectivity index is 1.60. The van der Waals surface area contributed by atoms with Crippen LogP contribution in [0.4, 0.5) is 10.2 Å². The lowest BCUT2D eigenvalue weighted by molar-refractivity contribution is 0.0935. The van der Waals surface area contributed by atoms with Crippen LogP contribution in [-0.4, -0.2) is 56.2 Å². The minimum atomic E-state index is -0.957. The van der Waals surface area contributed by atoms with Crippen molar-refractivity contribution in [2.45, 2.75) is 32.1 Å². The summed E-state index contributed by atoms with van der Waals surface area (Å²) in [5.74, 6) is 0.585. The first kappa shape index (κ1) is 16.2. The SMILES string of the molecule is Cc1nc(CN2C[C@@H](F)C[C@H]2CNC(=O)c2nccnc2N)no1. The van der Waals surface area contributed by atoms with Gasteiger partial charge in [0, 0.05) is 38.4 Å². The number of likely N-dealkylation sites (tertiary alicyclic amines) is 1. The zero-order valence-electron chi connectivity index (χ0n) is 13.1. The molecule has 2 atom stereocenters. The van der Waals surface area contributed by atoms with Crippen LogP contribution < -0.4 is 11.1 Å². The Kier molecular flexibility index (Phi) is 4.65. The number of nitrogen functional groups attached to an aromatic ring is 1. The molecule has 128 valence electrons. The maximum atomic E-state index is 13.8. The number of aromatic nitrogens is 4. The molecule has 0 bridgehead atoms.